The number of urea groups is 1. The minimum absolute atomic E-state index is 0.0223. The molecule has 0 saturated heterocycles. The van der Waals surface area contributed by atoms with E-state index in [1.807, 2.05) is 35.6 Å². The van der Waals surface area contributed by atoms with Crippen molar-refractivity contribution in [1.82, 2.24) is 37.2 Å². The number of ketones is 1. The van der Waals surface area contributed by atoms with Crippen molar-refractivity contribution in [2.24, 2.45) is 0 Å². The third-order valence-corrected chi connectivity index (χ3v) is 10.5. The smallest absolute Gasteiger partial charge is 0.407 e. The lowest BCUT2D eigenvalue weighted by Gasteiger charge is -2.22. The normalized spacial score (nSPS) is 12.7. The van der Waals surface area contributed by atoms with E-state index in [2.05, 4.69) is 31.9 Å². The molecule has 0 aliphatic rings. The number of aryl methyl sites for hydroxylation is 1. The molecule has 7 amide bonds. The van der Waals surface area contributed by atoms with Gasteiger partial charge in [0.2, 0.25) is 23.6 Å². The van der Waals surface area contributed by atoms with Crippen molar-refractivity contribution in [2.75, 3.05) is 19.6 Å². The first-order chi connectivity index (χ1) is 33.1. The highest BCUT2D eigenvalue weighted by atomic mass is 16.6. The second-order valence-corrected chi connectivity index (χ2v) is 17.7. The van der Waals surface area contributed by atoms with Crippen molar-refractivity contribution in [3.05, 3.63) is 35.9 Å². The zero-order chi connectivity index (χ0) is 52.5. The quantitative estimate of drug-likeness (QED) is 0.0337. The van der Waals surface area contributed by atoms with Gasteiger partial charge in [0, 0.05) is 45.3 Å². The van der Waals surface area contributed by atoms with Gasteiger partial charge in [0.1, 0.15) is 23.7 Å². The number of Topliss-reactive ketones (excluding diaryl/α,β-unsaturated/α-hetero) is 1. The summed E-state index contributed by atoms with van der Waals surface area (Å²) >= 11 is 0. The van der Waals surface area contributed by atoms with E-state index < -0.39 is 102 Å². The summed E-state index contributed by atoms with van der Waals surface area (Å²) in [6.45, 7) is 5.92. The van der Waals surface area contributed by atoms with E-state index in [1.54, 1.807) is 20.8 Å². The molecule has 0 heterocycles. The van der Waals surface area contributed by atoms with Gasteiger partial charge in [-0.15, -0.1) is 0 Å². The van der Waals surface area contributed by atoms with Crippen LogP contribution >= 0.6 is 0 Å². The van der Waals surface area contributed by atoms with Crippen LogP contribution in [0.25, 0.3) is 0 Å². The maximum atomic E-state index is 13.6. The molecule has 0 aliphatic heterocycles. The number of carboxylic acids is 4. The van der Waals surface area contributed by atoms with Gasteiger partial charge in [0.05, 0.1) is 6.04 Å². The summed E-state index contributed by atoms with van der Waals surface area (Å²) in [6.07, 6.45) is 4.14. The molecule has 11 N–H and O–H groups in total. The maximum absolute atomic E-state index is 13.6. The van der Waals surface area contributed by atoms with Crippen LogP contribution in [0.4, 0.5) is 9.59 Å². The number of benzene rings is 1. The Morgan fingerprint density at radius 2 is 1.00 bits per heavy atom. The fourth-order valence-electron chi connectivity index (χ4n) is 6.76. The second kappa shape index (κ2) is 34.5. The summed E-state index contributed by atoms with van der Waals surface area (Å²) in [6, 6.07) is 2.98. The Labute approximate surface area is 407 Å². The lowest BCUT2D eigenvalue weighted by atomic mass is 10.0. The Balaban J connectivity index is 2.62. The largest absolute Gasteiger partial charge is 0.481 e. The van der Waals surface area contributed by atoms with Crippen LogP contribution in [0.15, 0.2) is 30.3 Å². The fourth-order valence-corrected chi connectivity index (χ4v) is 6.76. The van der Waals surface area contributed by atoms with E-state index in [0.29, 0.717) is 77.2 Å². The first-order valence-corrected chi connectivity index (χ1v) is 23.7. The van der Waals surface area contributed by atoms with E-state index in [1.165, 1.54) is 0 Å². The van der Waals surface area contributed by atoms with Crippen molar-refractivity contribution < 1.29 is 77.9 Å². The zero-order valence-corrected chi connectivity index (χ0v) is 40.4. The Morgan fingerprint density at radius 3 is 1.56 bits per heavy atom. The number of carbonyl (C=O) groups excluding carboxylic acids is 7. The molecule has 392 valence electrons. The monoisotopic (exact) mass is 992 g/mol. The summed E-state index contributed by atoms with van der Waals surface area (Å²) in [4.78, 5) is 134. The van der Waals surface area contributed by atoms with Gasteiger partial charge < -0.3 is 62.4 Å². The van der Waals surface area contributed by atoms with Crippen LogP contribution in [0.2, 0.25) is 0 Å². The summed E-state index contributed by atoms with van der Waals surface area (Å²) in [5.74, 6) is -9.04. The molecule has 1 rings (SSSR count). The number of carboxylic acid groups (broad SMARTS) is 4. The molecule has 0 aromatic heterocycles. The number of nitrogens with one attached hydrogen (secondary N) is 7. The first kappa shape index (κ1) is 61.2. The average molecular weight is 992 g/mol. The lowest BCUT2D eigenvalue weighted by Crippen LogP contribution is -2.52. The third kappa shape index (κ3) is 30.5. The number of hydrogen-bond donors (Lipinski definition) is 11. The van der Waals surface area contributed by atoms with Gasteiger partial charge in [-0.3, -0.25) is 28.8 Å². The minimum atomic E-state index is -1.73. The number of amides is 7. The molecule has 1 aromatic rings. The van der Waals surface area contributed by atoms with Crippen molar-refractivity contribution in [2.45, 2.75) is 173 Å². The van der Waals surface area contributed by atoms with Gasteiger partial charge in [-0.2, -0.15) is 0 Å². The van der Waals surface area contributed by atoms with Crippen LogP contribution in [0.1, 0.15) is 142 Å². The molecule has 0 fully saturated rings. The lowest BCUT2D eigenvalue weighted by molar-refractivity contribution is -0.150. The highest BCUT2D eigenvalue weighted by Gasteiger charge is 2.30. The van der Waals surface area contributed by atoms with Crippen molar-refractivity contribution in [3.8, 4) is 0 Å². The summed E-state index contributed by atoms with van der Waals surface area (Å²) in [5, 5.41) is 54.3. The Hall–Kier alpha value is -6.81. The highest BCUT2D eigenvalue weighted by Crippen LogP contribution is 2.11. The molecule has 1 aromatic carbocycles. The van der Waals surface area contributed by atoms with Crippen LogP contribution in [0.3, 0.4) is 0 Å². The number of unbranched alkanes of at least 4 members (excludes halogenated alkanes) is 6. The minimum Gasteiger partial charge on any atom is -0.481 e. The van der Waals surface area contributed by atoms with Gasteiger partial charge in [-0.05, 0) is 103 Å². The van der Waals surface area contributed by atoms with E-state index in [-0.39, 0.29) is 51.1 Å². The van der Waals surface area contributed by atoms with Crippen LogP contribution in [0, 0.1) is 0 Å². The topological polar surface area (TPSA) is 362 Å². The number of carbonyl (C=O) groups is 11. The molecule has 23 heteroatoms. The van der Waals surface area contributed by atoms with Crippen LogP contribution in [0.5, 0.6) is 0 Å². The highest BCUT2D eigenvalue weighted by molar-refractivity contribution is 6.35. The first-order valence-electron chi connectivity index (χ1n) is 23.7. The van der Waals surface area contributed by atoms with Gasteiger partial charge >= 0.3 is 36.0 Å². The number of aliphatic carboxylic acids is 4. The average Bonchev–Trinajstić information content (AvgIpc) is 3.28. The predicted molar refractivity (Wildman–Crippen MR) is 252 cm³/mol. The molecule has 70 heavy (non-hydrogen) atoms. The SMILES string of the molecule is CC(C)(C)OC(=O)NCCCCC(NC(=O)CCCCCCCNC(=O)CCC(NC(=O)NC(CCC(=O)O)C(=O)O)C(=O)O)C(=O)NC(CCCCNC(=O)CCCc1ccccc1)C(=O)C(=O)O. The molecule has 0 bridgehead atoms. The molecule has 23 nitrogen and oxygen atoms in total. The van der Waals surface area contributed by atoms with Crippen LogP contribution < -0.4 is 37.2 Å². The van der Waals surface area contributed by atoms with E-state index >= 15 is 0 Å². The van der Waals surface area contributed by atoms with E-state index in [9.17, 15) is 68.1 Å². The predicted octanol–water partition coefficient (Wildman–Crippen LogP) is 2.92. The number of alkyl carbamates (subject to hydrolysis) is 1. The zero-order valence-electron chi connectivity index (χ0n) is 40.4. The molecule has 0 spiro atoms. The number of hydrogen-bond acceptors (Lipinski definition) is 12. The van der Waals surface area contributed by atoms with E-state index in [4.69, 9.17) is 9.84 Å². The third-order valence-electron chi connectivity index (χ3n) is 10.5. The Kier molecular flexibility index (Phi) is 30.1. The van der Waals surface area contributed by atoms with Crippen molar-refractivity contribution >= 4 is 65.4 Å². The van der Waals surface area contributed by atoms with Crippen LogP contribution in [-0.4, -0.2) is 135 Å². The van der Waals surface area contributed by atoms with E-state index in [0.717, 1.165) is 12.0 Å². The Morgan fingerprint density at radius 1 is 0.500 bits per heavy atom. The van der Waals surface area contributed by atoms with Gasteiger partial charge in [0.25, 0.3) is 5.78 Å². The summed E-state index contributed by atoms with van der Waals surface area (Å²) in [5.41, 5.74) is 0.423. The van der Waals surface area contributed by atoms with Crippen molar-refractivity contribution in [3.63, 3.8) is 0 Å². The fraction of sp³-hybridized carbons (Fsp3) is 0.638. The molecular formula is C47H73N7O16. The Bertz CT molecular complexity index is 1870. The standard InChI is InChI=1S/C47H73N7O16/c1-47(2,3)70-46(69)50-30-15-12-21-33(41(61)52-32(40(60)44(66)67)20-11-14-29-48-36(55)23-16-19-31-17-8-7-9-18-31)51-38(57)22-10-5-4-6-13-28-49-37(56)26-24-34(42(62)63)53-45(68)54-35(43(64)65)25-27-39(58)59/h7-9,17-18,32-35H,4-6,10-16,19-30H2,1-3H3,(H,48,55)(H,49,56)(H,50,69)(H,51,57)(H,52,61)(H,58,59)(H,62,63)(H,64,65)(H,66,67)(H2,53,54,68). The summed E-state index contributed by atoms with van der Waals surface area (Å²) < 4.78 is 5.23. The van der Waals surface area contributed by atoms with Gasteiger partial charge in [-0.25, -0.2) is 24.0 Å². The number of ether oxygens (including phenoxy) is 1. The maximum Gasteiger partial charge on any atom is 0.407 e. The molecule has 0 saturated carbocycles. The van der Waals surface area contributed by atoms with Gasteiger partial charge in [-0.1, -0.05) is 49.6 Å². The molecule has 0 radical (unpaired) electrons. The van der Waals surface area contributed by atoms with Crippen molar-refractivity contribution in [1.29, 1.82) is 0 Å². The second-order valence-electron chi connectivity index (χ2n) is 17.7. The molecule has 0 aliphatic carbocycles. The number of rotatable bonds is 37. The molecule has 4 atom stereocenters. The molecular weight excluding hydrogens is 919 g/mol. The summed E-state index contributed by atoms with van der Waals surface area (Å²) in [7, 11) is 0. The van der Waals surface area contributed by atoms with Gasteiger partial charge in [0.15, 0.2) is 0 Å². The molecule has 4 unspecified atom stereocenters. The van der Waals surface area contributed by atoms with Crippen LogP contribution in [-0.2, 0) is 54.3 Å².